The first-order chi connectivity index (χ1) is 13.9. The summed E-state index contributed by atoms with van der Waals surface area (Å²) in [7, 11) is 0. The Morgan fingerprint density at radius 2 is 1.50 bits per heavy atom. The summed E-state index contributed by atoms with van der Waals surface area (Å²) in [6.45, 7) is 5.03. The summed E-state index contributed by atoms with van der Waals surface area (Å²) in [5, 5.41) is 0. The van der Waals surface area contributed by atoms with Crippen molar-refractivity contribution in [1.82, 2.24) is 9.97 Å². The molecule has 0 spiro atoms. The molecule has 6 nitrogen and oxygen atoms in total. The van der Waals surface area contributed by atoms with Gasteiger partial charge in [0.2, 0.25) is 0 Å². The first kappa shape index (κ1) is 16.9. The van der Waals surface area contributed by atoms with E-state index in [-0.39, 0.29) is 0 Å². The number of hydrogen-bond donors (Lipinski definition) is 0. The van der Waals surface area contributed by atoms with E-state index in [2.05, 4.69) is 39.0 Å². The average Bonchev–Trinajstić information content (AvgIpc) is 2.79. The monoisotopic (exact) mass is 374 g/mol. The fraction of sp³-hybridized carbons (Fsp3) is 0.273. The molecule has 5 rings (SSSR count). The van der Waals surface area contributed by atoms with Crippen LogP contribution in [0.4, 0.5) is 11.4 Å². The number of hydrogen-bond acceptors (Lipinski definition) is 6. The minimum Gasteiger partial charge on any atom is -0.486 e. The number of ether oxygens (including phenoxy) is 2. The number of pyridine rings is 2. The van der Waals surface area contributed by atoms with Crippen LogP contribution in [0.15, 0.2) is 61.1 Å². The Labute approximate surface area is 164 Å². The van der Waals surface area contributed by atoms with Crippen LogP contribution in [-0.2, 0) is 0 Å². The topological polar surface area (TPSA) is 50.7 Å². The maximum atomic E-state index is 5.76. The summed E-state index contributed by atoms with van der Waals surface area (Å²) in [5.41, 5.74) is 4.43. The number of rotatable bonds is 3. The largest absolute Gasteiger partial charge is 0.486 e. The second-order valence-corrected chi connectivity index (χ2v) is 6.91. The van der Waals surface area contributed by atoms with Crippen LogP contribution in [0.1, 0.15) is 0 Å². The molecule has 2 aromatic heterocycles. The van der Waals surface area contributed by atoms with Crippen LogP contribution in [0.25, 0.3) is 11.3 Å². The van der Waals surface area contributed by atoms with E-state index in [0.717, 1.165) is 54.6 Å². The maximum absolute atomic E-state index is 5.76. The van der Waals surface area contributed by atoms with Crippen molar-refractivity contribution in [3.05, 3.63) is 61.1 Å². The third-order valence-corrected chi connectivity index (χ3v) is 5.25. The lowest BCUT2D eigenvalue weighted by Gasteiger charge is -2.37. The molecule has 0 atom stereocenters. The van der Waals surface area contributed by atoms with Gasteiger partial charge in [-0.25, -0.2) is 0 Å². The lowest BCUT2D eigenvalue weighted by atomic mass is 10.1. The molecule has 28 heavy (non-hydrogen) atoms. The molecule has 1 fully saturated rings. The van der Waals surface area contributed by atoms with Gasteiger partial charge in [-0.3, -0.25) is 9.97 Å². The minimum atomic E-state index is 0.586. The number of anilines is 2. The maximum Gasteiger partial charge on any atom is 0.162 e. The fourth-order valence-corrected chi connectivity index (χ4v) is 3.83. The van der Waals surface area contributed by atoms with E-state index in [1.54, 1.807) is 0 Å². The number of piperazine rings is 1. The average molecular weight is 374 g/mol. The second kappa shape index (κ2) is 7.38. The first-order valence-electron chi connectivity index (χ1n) is 9.63. The number of benzene rings is 1. The molecule has 1 aromatic carbocycles. The van der Waals surface area contributed by atoms with Gasteiger partial charge in [0.25, 0.3) is 0 Å². The summed E-state index contributed by atoms with van der Waals surface area (Å²) in [6.07, 6.45) is 5.55. The van der Waals surface area contributed by atoms with Crippen molar-refractivity contribution >= 4 is 11.4 Å². The molecule has 2 aliphatic rings. The molecule has 0 N–H and O–H groups in total. The Morgan fingerprint density at radius 3 is 2.32 bits per heavy atom. The van der Waals surface area contributed by atoms with Crippen LogP contribution in [0.3, 0.4) is 0 Å². The van der Waals surface area contributed by atoms with Crippen molar-refractivity contribution in [1.29, 1.82) is 0 Å². The predicted octanol–water partition coefficient (Wildman–Crippen LogP) is 3.24. The predicted molar refractivity (Wildman–Crippen MR) is 109 cm³/mol. The summed E-state index contributed by atoms with van der Waals surface area (Å²) in [5.74, 6) is 1.60. The van der Waals surface area contributed by atoms with Gasteiger partial charge >= 0.3 is 0 Å². The van der Waals surface area contributed by atoms with Gasteiger partial charge in [-0.15, -0.1) is 0 Å². The second-order valence-electron chi connectivity index (χ2n) is 6.91. The highest BCUT2D eigenvalue weighted by Gasteiger charge is 2.21. The smallest absolute Gasteiger partial charge is 0.162 e. The van der Waals surface area contributed by atoms with Gasteiger partial charge in [0.05, 0.1) is 11.4 Å². The van der Waals surface area contributed by atoms with Crippen LogP contribution >= 0.6 is 0 Å². The van der Waals surface area contributed by atoms with Crippen molar-refractivity contribution in [2.75, 3.05) is 49.2 Å². The molecule has 2 aliphatic heterocycles. The quantitative estimate of drug-likeness (QED) is 0.702. The normalized spacial score (nSPS) is 16.1. The molecule has 3 aromatic rings. The summed E-state index contributed by atoms with van der Waals surface area (Å²) in [6, 6.07) is 14.4. The van der Waals surface area contributed by atoms with Gasteiger partial charge in [0.1, 0.15) is 13.2 Å². The van der Waals surface area contributed by atoms with Crippen molar-refractivity contribution in [3.63, 3.8) is 0 Å². The zero-order chi connectivity index (χ0) is 18.8. The third-order valence-electron chi connectivity index (χ3n) is 5.25. The van der Waals surface area contributed by atoms with Gasteiger partial charge in [-0.05, 0) is 42.5 Å². The number of nitrogens with zero attached hydrogens (tertiary/aromatic N) is 4. The van der Waals surface area contributed by atoms with Crippen molar-refractivity contribution < 1.29 is 9.47 Å². The van der Waals surface area contributed by atoms with Gasteiger partial charge in [0.15, 0.2) is 11.5 Å². The van der Waals surface area contributed by atoms with E-state index in [0.29, 0.717) is 13.2 Å². The molecule has 0 aliphatic carbocycles. The van der Waals surface area contributed by atoms with Crippen molar-refractivity contribution in [3.8, 4) is 22.8 Å². The molecule has 0 radical (unpaired) electrons. The van der Waals surface area contributed by atoms with Gasteiger partial charge in [0, 0.05) is 56.0 Å². The Balaban J connectivity index is 1.39. The highest BCUT2D eigenvalue weighted by atomic mass is 16.6. The highest BCUT2D eigenvalue weighted by molar-refractivity contribution is 5.77. The zero-order valence-electron chi connectivity index (χ0n) is 15.6. The van der Waals surface area contributed by atoms with Crippen LogP contribution in [0.5, 0.6) is 11.5 Å². The van der Waals surface area contributed by atoms with Crippen LogP contribution in [0, 0.1) is 0 Å². The molecule has 0 unspecified atom stereocenters. The van der Waals surface area contributed by atoms with E-state index < -0.39 is 0 Å². The lowest BCUT2D eigenvalue weighted by Crippen LogP contribution is -2.46. The summed E-state index contributed by atoms with van der Waals surface area (Å²) >= 11 is 0. The van der Waals surface area contributed by atoms with E-state index in [1.807, 2.05) is 36.8 Å². The molecule has 6 heteroatoms. The molecular formula is C22H22N4O2. The summed E-state index contributed by atoms with van der Waals surface area (Å²) in [4.78, 5) is 13.6. The van der Waals surface area contributed by atoms with Crippen molar-refractivity contribution in [2.24, 2.45) is 0 Å². The van der Waals surface area contributed by atoms with Gasteiger partial charge < -0.3 is 19.3 Å². The Kier molecular flexibility index (Phi) is 4.45. The molecule has 0 amide bonds. The number of aromatic nitrogens is 2. The minimum absolute atomic E-state index is 0.586. The van der Waals surface area contributed by atoms with E-state index in [4.69, 9.17) is 14.5 Å². The lowest BCUT2D eigenvalue weighted by molar-refractivity contribution is 0.171. The van der Waals surface area contributed by atoms with Crippen LogP contribution in [-0.4, -0.2) is 49.4 Å². The van der Waals surface area contributed by atoms with E-state index >= 15 is 0 Å². The van der Waals surface area contributed by atoms with Gasteiger partial charge in [-0.1, -0.05) is 0 Å². The molecule has 142 valence electrons. The summed E-state index contributed by atoms with van der Waals surface area (Å²) < 4.78 is 11.4. The highest BCUT2D eigenvalue weighted by Crippen LogP contribution is 2.37. The first-order valence-corrected chi connectivity index (χ1v) is 9.63. The molecule has 0 bridgehead atoms. The number of fused-ring (bicyclic) bond motifs is 1. The van der Waals surface area contributed by atoms with Crippen LogP contribution in [0.2, 0.25) is 0 Å². The third kappa shape index (κ3) is 3.22. The molecule has 4 heterocycles. The standard InChI is InChI=1S/C22H22N4O2/c1-2-19(26-12-10-25(11-13-26)18-5-8-23-9-6-18)22(24-7-1)17-3-4-20-21(16-17)28-15-14-27-20/h1-9,16H,10-15H2. The van der Waals surface area contributed by atoms with Crippen molar-refractivity contribution in [2.45, 2.75) is 0 Å². The Hall–Kier alpha value is -3.28. The van der Waals surface area contributed by atoms with E-state index in [1.165, 1.54) is 5.69 Å². The van der Waals surface area contributed by atoms with Gasteiger partial charge in [-0.2, -0.15) is 0 Å². The zero-order valence-corrected chi connectivity index (χ0v) is 15.6. The molecule has 1 saturated heterocycles. The molecular weight excluding hydrogens is 352 g/mol. The Morgan fingerprint density at radius 1 is 0.750 bits per heavy atom. The van der Waals surface area contributed by atoms with Crippen LogP contribution < -0.4 is 19.3 Å². The Bertz CT molecular complexity index is 956. The fourth-order valence-electron chi connectivity index (χ4n) is 3.83. The SMILES string of the molecule is c1cnc(-c2ccc3c(c2)OCCO3)c(N2CCN(c3ccncc3)CC2)c1. The van der Waals surface area contributed by atoms with E-state index in [9.17, 15) is 0 Å². The molecule has 0 saturated carbocycles.